The maximum Gasteiger partial charge on any atom is 0.182 e. The van der Waals surface area contributed by atoms with Crippen LogP contribution in [0.4, 0.5) is 0 Å². The number of nitrogens with zero attached hydrogens (tertiary/aromatic N) is 2. The zero-order chi connectivity index (χ0) is 17.8. The standard InChI is InChI=1S/C23H18N2O/c26-22(17-25-16-15-24-23(25)21-9-5-2-6-10-21)20-13-11-19(12-14-20)18-7-3-1-4-8-18/h1-16H,17H2. The topological polar surface area (TPSA) is 34.9 Å². The van der Waals surface area contributed by atoms with Crippen LogP contribution in [0.2, 0.25) is 0 Å². The van der Waals surface area contributed by atoms with Gasteiger partial charge in [0.2, 0.25) is 0 Å². The second-order valence-corrected chi connectivity index (χ2v) is 6.11. The minimum absolute atomic E-state index is 0.0693. The maximum absolute atomic E-state index is 12.7. The Bertz CT molecular complexity index is 1000. The molecule has 0 atom stereocenters. The molecule has 0 unspecified atom stereocenters. The molecule has 0 spiro atoms. The Kier molecular flexibility index (Phi) is 4.44. The van der Waals surface area contributed by atoms with Crippen LogP contribution in [0.3, 0.4) is 0 Å². The highest BCUT2D eigenvalue weighted by atomic mass is 16.1. The fourth-order valence-corrected chi connectivity index (χ4v) is 3.01. The van der Waals surface area contributed by atoms with Crippen LogP contribution in [0.5, 0.6) is 0 Å². The lowest BCUT2D eigenvalue weighted by Gasteiger charge is -2.08. The lowest BCUT2D eigenvalue weighted by Crippen LogP contribution is -2.10. The molecule has 3 heteroatoms. The van der Waals surface area contributed by atoms with Crippen LogP contribution in [0.1, 0.15) is 10.4 Å². The third kappa shape index (κ3) is 3.33. The van der Waals surface area contributed by atoms with Crippen molar-refractivity contribution in [2.24, 2.45) is 0 Å². The van der Waals surface area contributed by atoms with Crippen molar-refractivity contribution in [1.29, 1.82) is 0 Å². The van der Waals surface area contributed by atoms with Crippen molar-refractivity contribution in [2.45, 2.75) is 6.54 Å². The molecule has 0 saturated carbocycles. The summed E-state index contributed by atoms with van der Waals surface area (Å²) >= 11 is 0. The first kappa shape index (κ1) is 16.0. The quantitative estimate of drug-likeness (QED) is 0.475. The smallest absolute Gasteiger partial charge is 0.182 e. The molecule has 0 aliphatic rings. The molecule has 26 heavy (non-hydrogen) atoms. The van der Waals surface area contributed by atoms with E-state index in [1.54, 1.807) is 6.20 Å². The number of carbonyl (C=O) groups is 1. The monoisotopic (exact) mass is 338 g/mol. The third-order valence-corrected chi connectivity index (χ3v) is 4.38. The van der Waals surface area contributed by atoms with Crippen molar-refractivity contribution >= 4 is 5.78 Å². The van der Waals surface area contributed by atoms with E-state index in [0.29, 0.717) is 5.56 Å². The van der Waals surface area contributed by atoms with Crippen molar-refractivity contribution < 1.29 is 4.79 Å². The van der Waals surface area contributed by atoms with Gasteiger partial charge in [-0.1, -0.05) is 84.9 Å². The van der Waals surface area contributed by atoms with Crippen molar-refractivity contribution in [2.75, 3.05) is 0 Å². The second kappa shape index (κ2) is 7.19. The Hall–Kier alpha value is -3.46. The number of aromatic nitrogens is 2. The molecule has 0 bridgehead atoms. The van der Waals surface area contributed by atoms with E-state index in [9.17, 15) is 4.79 Å². The Morgan fingerprint density at radius 2 is 1.31 bits per heavy atom. The Balaban J connectivity index is 1.54. The maximum atomic E-state index is 12.7. The van der Waals surface area contributed by atoms with E-state index in [4.69, 9.17) is 0 Å². The number of rotatable bonds is 5. The van der Waals surface area contributed by atoms with Gasteiger partial charge in [-0.05, 0) is 11.1 Å². The van der Waals surface area contributed by atoms with Gasteiger partial charge >= 0.3 is 0 Å². The summed E-state index contributed by atoms with van der Waals surface area (Å²) in [5, 5.41) is 0. The lowest BCUT2D eigenvalue weighted by molar-refractivity contribution is 0.0972. The average molecular weight is 338 g/mol. The summed E-state index contributed by atoms with van der Waals surface area (Å²) in [5.74, 6) is 0.875. The van der Waals surface area contributed by atoms with E-state index >= 15 is 0 Å². The lowest BCUT2D eigenvalue weighted by atomic mass is 10.0. The molecule has 0 aliphatic carbocycles. The summed E-state index contributed by atoms with van der Waals surface area (Å²) in [6.07, 6.45) is 3.58. The number of hydrogen-bond donors (Lipinski definition) is 0. The fraction of sp³-hybridized carbons (Fsp3) is 0.0435. The first-order valence-corrected chi connectivity index (χ1v) is 8.56. The molecule has 0 aliphatic heterocycles. The highest BCUT2D eigenvalue weighted by Gasteiger charge is 2.11. The summed E-state index contributed by atoms with van der Waals surface area (Å²) in [5.41, 5.74) is 3.96. The zero-order valence-corrected chi connectivity index (χ0v) is 14.2. The molecular formula is C23H18N2O. The van der Waals surface area contributed by atoms with Gasteiger partial charge in [0.1, 0.15) is 5.82 Å². The van der Waals surface area contributed by atoms with Gasteiger partial charge in [0, 0.05) is 23.5 Å². The number of Topliss-reactive ketones (excluding diaryl/α,β-unsaturated/α-hetero) is 1. The van der Waals surface area contributed by atoms with Gasteiger partial charge in [-0.2, -0.15) is 0 Å². The number of carbonyl (C=O) groups excluding carboxylic acids is 1. The Labute approximate surface area is 152 Å². The van der Waals surface area contributed by atoms with Crippen LogP contribution in [0, 0.1) is 0 Å². The van der Waals surface area contributed by atoms with E-state index in [0.717, 1.165) is 22.5 Å². The molecule has 3 nitrogen and oxygen atoms in total. The van der Waals surface area contributed by atoms with E-state index in [1.807, 2.05) is 83.6 Å². The van der Waals surface area contributed by atoms with Gasteiger partial charge in [-0.25, -0.2) is 4.98 Å². The van der Waals surface area contributed by atoms with E-state index in [-0.39, 0.29) is 12.3 Å². The van der Waals surface area contributed by atoms with Gasteiger partial charge in [-0.3, -0.25) is 4.79 Å². The van der Waals surface area contributed by atoms with Crippen LogP contribution >= 0.6 is 0 Å². The molecule has 0 radical (unpaired) electrons. The number of ketones is 1. The molecule has 1 aromatic heterocycles. The number of imidazole rings is 1. The first-order valence-electron chi connectivity index (χ1n) is 8.56. The zero-order valence-electron chi connectivity index (χ0n) is 14.2. The largest absolute Gasteiger partial charge is 0.323 e. The fourth-order valence-electron chi connectivity index (χ4n) is 3.01. The summed E-state index contributed by atoms with van der Waals surface area (Å²) in [6.45, 7) is 0.273. The highest BCUT2D eigenvalue weighted by Crippen LogP contribution is 2.21. The molecule has 0 N–H and O–H groups in total. The van der Waals surface area contributed by atoms with Crippen LogP contribution < -0.4 is 0 Å². The first-order chi connectivity index (χ1) is 12.8. The van der Waals surface area contributed by atoms with Crippen LogP contribution in [0.15, 0.2) is 97.3 Å². The molecule has 0 saturated heterocycles. The number of hydrogen-bond acceptors (Lipinski definition) is 2. The predicted octanol–water partition coefficient (Wildman–Crippen LogP) is 5.10. The van der Waals surface area contributed by atoms with E-state index < -0.39 is 0 Å². The van der Waals surface area contributed by atoms with Gasteiger partial charge in [0.25, 0.3) is 0 Å². The van der Waals surface area contributed by atoms with Crippen LogP contribution in [-0.2, 0) is 6.54 Å². The molecular weight excluding hydrogens is 320 g/mol. The molecule has 0 amide bonds. The van der Waals surface area contributed by atoms with Crippen molar-refractivity contribution in [3.63, 3.8) is 0 Å². The number of benzene rings is 3. The molecule has 3 aromatic carbocycles. The predicted molar refractivity (Wildman–Crippen MR) is 104 cm³/mol. The summed E-state index contributed by atoms with van der Waals surface area (Å²) in [6, 6.07) is 27.8. The average Bonchev–Trinajstić information content (AvgIpc) is 3.17. The summed E-state index contributed by atoms with van der Waals surface area (Å²) in [4.78, 5) is 17.1. The minimum Gasteiger partial charge on any atom is -0.323 e. The molecule has 0 fully saturated rings. The van der Waals surface area contributed by atoms with Gasteiger partial charge in [0.15, 0.2) is 5.78 Å². The van der Waals surface area contributed by atoms with Gasteiger partial charge < -0.3 is 4.57 Å². The van der Waals surface area contributed by atoms with Crippen LogP contribution in [-0.4, -0.2) is 15.3 Å². The normalized spacial score (nSPS) is 10.6. The molecule has 4 rings (SSSR count). The van der Waals surface area contributed by atoms with Gasteiger partial charge in [-0.15, -0.1) is 0 Å². The summed E-state index contributed by atoms with van der Waals surface area (Å²) < 4.78 is 1.89. The molecule has 126 valence electrons. The second-order valence-electron chi connectivity index (χ2n) is 6.11. The minimum atomic E-state index is 0.0693. The molecule has 1 heterocycles. The third-order valence-electron chi connectivity index (χ3n) is 4.38. The Morgan fingerprint density at radius 3 is 1.96 bits per heavy atom. The molecule has 4 aromatic rings. The van der Waals surface area contributed by atoms with E-state index in [2.05, 4.69) is 17.1 Å². The van der Waals surface area contributed by atoms with Crippen LogP contribution in [0.25, 0.3) is 22.5 Å². The van der Waals surface area contributed by atoms with Crippen molar-refractivity contribution in [3.8, 4) is 22.5 Å². The van der Waals surface area contributed by atoms with Crippen molar-refractivity contribution in [3.05, 3.63) is 103 Å². The summed E-state index contributed by atoms with van der Waals surface area (Å²) in [7, 11) is 0. The van der Waals surface area contributed by atoms with Crippen molar-refractivity contribution in [1.82, 2.24) is 9.55 Å². The Morgan fingerprint density at radius 1 is 0.731 bits per heavy atom. The SMILES string of the molecule is O=C(Cn1ccnc1-c1ccccc1)c1ccc(-c2ccccc2)cc1. The van der Waals surface area contributed by atoms with Gasteiger partial charge in [0.05, 0.1) is 6.54 Å². The highest BCUT2D eigenvalue weighted by molar-refractivity contribution is 5.96. The van der Waals surface area contributed by atoms with E-state index in [1.165, 1.54) is 0 Å².